The minimum atomic E-state index is -0.825. The van der Waals surface area contributed by atoms with Gasteiger partial charge in [0.05, 0.1) is 10.8 Å². The molecule has 1 amide bonds. The van der Waals surface area contributed by atoms with Gasteiger partial charge >= 0.3 is 5.97 Å². The third-order valence-corrected chi connectivity index (χ3v) is 5.77. The molecule has 122 valence electrons. The topological polar surface area (TPSA) is 79.3 Å². The lowest BCUT2D eigenvalue weighted by molar-refractivity contribution is -0.142. The molecule has 2 atom stereocenters. The van der Waals surface area contributed by atoms with Gasteiger partial charge in [0.25, 0.3) is 5.91 Å². The highest BCUT2D eigenvalue weighted by Gasteiger charge is 2.34. The van der Waals surface area contributed by atoms with E-state index in [0.29, 0.717) is 11.3 Å². The number of aromatic nitrogens is 1. The van der Waals surface area contributed by atoms with Gasteiger partial charge in [-0.3, -0.25) is 9.59 Å². The molecule has 0 bridgehead atoms. The number of hydrogen-bond acceptors (Lipinski definition) is 4. The summed E-state index contributed by atoms with van der Waals surface area (Å²) >= 11 is 1.38. The molecule has 0 unspecified atom stereocenters. The van der Waals surface area contributed by atoms with Crippen molar-refractivity contribution >= 4 is 33.4 Å². The third-order valence-electron chi connectivity index (χ3n) is 4.58. The van der Waals surface area contributed by atoms with Gasteiger partial charge in [0, 0.05) is 17.1 Å². The van der Waals surface area contributed by atoms with Crippen molar-refractivity contribution in [3.63, 3.8) is 0 Å². The van der Waals surface area contributed by atoms with Crippen LogP contribution in [0.3, 0.4) is 0 Å². The van der Waals surface area contributed by atoms with Crippen LogP contribution in [0.25, 0.3) is 10.2 Å². The monoisotopic (exact) mass is 332 g/mol. The van der Waals surface area contributed by atoms with Gasteiger partial charge in [-0.25, -0.2) is 4.98 Å². The molecule has 2 aromatic heterocycles. The summed E-state index contributed by atoms with van der Waals surface area (Å²) in [7, 11) is 0. The molecular weight excluding hydrogens is 312 g/mol. The van der Waals surface area contributed by atoms with Crippen molar-refractivity contribution in [3.05, 3.63) is 27.8 Å². The fraction of sp³-hybridized carbons (Fsp3) is 0.471. The zero-order valence-corrected chi connectivity index (χ0v) is 14.3. The molecule has 3 rings (SSSR count). The van der Waals surface area contributed by atoms with Crippen LogP contribution in [0.4, 0.5) is 0 Å². The molecule has 2 aromatic rings. The number of nitrogens with zero attached hydrogens (tertiary/aromatic N) is 1. The van der Waals surface area contributed by atoms with E-state index in [-0.39, 0.29) is 11.9 Å². The number of carbonyl (C=O) groups is 2. The maximum atomic E-state index is 12.6. The predicted molar refractivity (Wildman–Crippen MR) is 90.1 cm³/mol. The molecule has 0 aromatic carbocycles. The third kappa shape index (κ3) is 2.83. The number of amides is 1. The molecule has 1 aliphatic carbocycles. The number of hydrogen-bond donors (Lipinski definition) is 2. The van der Waals surface area contributed by atoms with Crippen LogP contribution < -0.4 is 5.32 Å². The van der Waals surface area contributed by atoms with Crippen molar-refractivity contribution in [2.45, 2.75) is 46.1 Å². The highest BCUT2D eigenvalue weighted by atomic mass is 32.1. The van der Waals surface area contributed by atoms with Crippen LogP contribution in [0.15, 0.2) is 6.07 Å². The average Bonchev–Trinajstić information content (AvgIpc) is 3.03. The first-order chi connectivity index (χ1) is 10.9. The summed E-state index contributed by atoms with van der Waals surface area (Å²) in [5, 5.41) is 13.2. The Morgan fingerprint density at radius 2 is 2.04 bits per heavy atom. The van der Waals surface area contributed by atoms with Crippen molar-refractivity contribution in [1.82, 2.24) is 10.3 Å². The molecule has 0 radical (unpaired) electrons. The van der Waals surface area contributed by atoms with E-state index in [1.807, 2.05) is 26.8 Å². The van der Waals surface area contributed by atoms with Crippen molar-refractivity contribution in [2.24, 2.45) is 5.92 Å². The van der Waals surface area contributed by atoms with Crippen LogP contribution in [0.5, 0.6) is 0 Å². The number of aryl methyl sites for hydroxylation is 3. The Bertz CT molecular complexity index is 797. The van der Waals surface area contributed by atoms with E-state index in [4.69, 9.17) is 0 Å². The molecular formula is C17H20N2O3S. The second-order valence-corrected chi connectivity index (χ2v) is 7.27. The molecule has 1 saturated carbocycles. The van der Waals surface area contributed by atoms with E-state index >= 15 is 0 Å². The number of rotatable bonds is 3. The molecule has 0 aliphatic heterocycles. The van der Waals surface area contributed by atoms with E-state index in [1.165, 1.54) is 11.3 Å². The smallest absolute Gasteiger partial charge is 0.308 e. The van der Waals surface area contributed by atoms with Crippen LogP contribution in [-0.4, -0.2) is 28.0 Å². The van der Waals surface area contributed by atoms with E-state index in [1.54, 1.807) is 0 Å². The first-order valence-corrected chi connectivity index (χ1v) is 8.61. The molecule has 1 fully saturated rings. The number of pyridine rings is 1. The van der Waals surface area contributed by atoms with Crippen molar-refractivity contribution < 1.29 is 14.7 Å². The summed E-state index contributed by atoms with van der Waals surface area (Å²) in [5.74, 6) is -1.48. The van der Waals surface area contributed by atoms with Gasteiger partial charge < -0.3 is 10.4 Å². The van der Waals surface area contributed by atoms with Crippen molar-refractivity contribution in [1.29, 1.82) is 0 Å². The van der Waals surface area contributed by atoms with Crippen LogP contribution in [-0.2, 0) is 4.79 Å². The van der Waals surface area contributed by atoms with E-state index in [2.05, 4.69) is 10.3 Å². The Hall–Kier alpha value is -1.95. The molecule has 23 heavy (non-hydrogen) atoms. The summed E-state index contributed by atoms with van der Waals surface area (Å²) in [5.41, 5.74) is 2.98. The fourth-order valence-corrected chi connectivity index (χ4v) is 4.70. The number of fused-ring (bicyclic) bond motifs is 1. The van der Waals surface area contributed by atoms with Crippen LogP contribution >= 0.6 is 11.3 Å². The lowest BCUT2D eigenvalue weighted by Crippen LogP contribution is -2.40. The van der Waals surface area contributed by atoms with Crippen molar-refractivity contribution in [2.75, 3.05) is 0 Å². The van der Waals surface area contributed by atoms with Gasteiger partial charge in [-0.1, -0.05) is 6.42 Å². The van der Waals surface area contributed by atoms with E-state index < -0.39 is 11.9 Å². The summed E-state index contributed by atoms with van der Waals surface area (Å²) in [6, 6.07) is 1.74. The quantitative estimate of drug-likeness (QED) is 0.904. The largest absolute Gasteiger partial charge is 0.481 e. The SMILES string of the molecule is Cc1cc(C)c2c(C)c(C(=O)N[C@@H]3CCC[C@@H]3C(=O)O)sc2n1. The van der Waals surface area contributed by atoms with Crippen LogP contribution in [0.1, 0.15) is 45.8 Å². The van der Waals surface area contributed by atoms with Crippen LogP contribution in [0, 0.1) is 26.7 Å². The molecule has 1 aliphatic rings. The standard InChI is InChI=1S/C17H20N2O3S/c1-8-7-9(2)18-16-13(8)10(3)14(23-16)15(20)19-12-6-4-5-11(12)17(21)22/h7,11-12H,4-6H2,1-3H3,(H,19,20)(H,21,22)/t11-,12+/m0/s1. The zero-order valence-electron chi connectivity index (χ0n) is 13.5. The van der Waals surface area contributed by atoms with Gasteiger partial charge in [-0.05, 0) is 50.8 Å². The summed E-state index contributed by atoms with van der Waals surface area (Å²) < 4.78 is 0. The molecule has 6 heteroatoms. The van der Waals surface area contributed by atoms with Gasteiger partial charge in [0.2, 0.25) is 0 Å². The summed E-state index contributed by atoms with van der Waals surface area (Å²) in [6.07, 6.45) is 2.20. The van der Waals surface area contributed by atoms with Gasteiger partial charge in [0.15, 0.2) is 0 Å². The minimum absolute atomic E-state index is 0.180. The first-order valence-electron chi connectivity index (χ1n) is 7.79. The minimum Gasteiger partial charge on any atom is -0.481 e. The number of thiophene rings is 1. The predicted octanol–water partition coefficient (Wildman–Crippen LogP) is 3.20. The summed E-state index contributed by atoms with van der Waals surface area (Å²) in [6.45, 7) is 5.90. The Morgan fingerprint density at radius 3 is 2.74 bits per heavy atom. The van der Waals surface area contributed by atoms with Crippen molar-refractivity contribution in [3.8, 4) is 0 Å². The molecule has 0 saturated heterocycles. The van der Waals surface area contributed by atoms with Gasteiger partial charge in [0.1, 0.15) is 4.83 Å². The Labute approximate surface area is 138 Å². The van der Waals surface area contributed by atoms with Gasteiger partial charge in [-0.2, -0.15) is 0 Å². The lowest BCUT2D eigenvalue weighted by atomic mass is 10.0. The van der Waals surface area contributed by atoms with Crippen LogP contribution in [0.2, 0.25) is 0 Å². The number of aliphatic carboxylic acids is 1. The number of nitrogens with one attached hydrogen (secondary N) is 1. The summed E-state index contributed by atoms with van der Waals surface area (Å²) in [4.78, 5) is 29.9. The molecule has 2 heterocycles. The fourth-order valence-electron chi connectivity index (χ4n) is 3.50. The number of carboxylic acid groups (broad SMARTS) is 1. The molecule has 5 nitrogen and oxygen atoms in total. The van der Waals surface area contributed by atoms with Gasteiger partial charge in [-0.15, -0.1) is 11.3 Å². The Kier molecular flexibility index (Phi) is 4.10. The zero-order chi connectivity index (χ0) is 16.7. The lowest BCUT2D eigenvalue weighted by Gasteiger charge is -2.17. The number of carbonyl (C=O) groups excluding carboxylic acids is 1. The number of carboxylic acids is 1. The second kappa shape index (κ2) is 5.92. The maximum absolute atomic E-state index is 12.6. The highest BCUT2D eigenvalue weighted by molar-refractivity contribution is 7.20. The molecule has 0 spiro atoms. The first kappa shape index (κ1) is 15.9. The highest BCUT2D eigenvalue weighted by Crippen LogP contribution is 2.33. The molecule has 2 N–H and O–H groups in total. The second-order valence-electron chi connectivity index (χ2n) is 6.27. The normalized spacial score (nSPS) is 20.8. The maximum Gasteiger partial charge on any atom is 0.308 e. The Balaban J connectivity index is 1.91. The van der Waals surface area contributed by atoms with E-state index in [9.17, 15) is 14.7 Å². The Morgan fingerprint density at radius 1 is 1.30 bits per heavy atom. The van der Waals surface area contributed by atoms with E-state index in [0.717, 1.165) is 39.9 Å². The average molecular weight is 332 g/mol.